The highest BCUT2D eigenvalue weighted by Crippen LogP contribution is 2.26. The fraction of sp³-hybridized carbons (Fsp3) is 0.364. The summed E-state index contributed by atoms with van der Waals surface area (Å²) in [5, 5.41) is 5.56. The normalized spacial score (nSPS) is 13.1. The van der Waals surface area contributed by atoms with Gasteiger partial charge in [0.2, 0.25) is 15.9 Å². The summed E-state index contributed by atoms with van der Waals surface area (Å²) >= 11 is 0. The Morgan fingerprint density at radius 3 is 2.39 bits per heavy atom. The molecular weight excluding hydrogens is 418 g/mol. The summed E-state index contributed by atoms with van der Waals surface area (Å²) in [5.74, 6) is -0.423. The predicted octanol–water partition coefficient (Wildman–Crippen LogP) is 3.02. The highest BCUT2D eigenvalue weighted by Gasteiger charge is 2.30. The first-order valence-corrected chi connectivity index (χ1v) is 11.8. The Hall–Kier alpha value is -3.07. The average Bonchev–Trinajstić information content (AvgIpc) is 2.73. The van der Waals surface area contributed by atoms with E-state index < -0.39 is 22.0 Å². The molecule has 9 heteroatoms. The second-order valence-corrected chi connectivity index (χ2v) is 9.11. The Labute approximate surface area is 183 Å². The number of ether oxygens (including phenoxy) is 1. The topological polar surface area (TPSA) is 105 Å². The number of anilines is 2. The first kappa shape index (κ1) is 24.2. The number of nitrogens with zero attached hydrogens (tertiary/aromatic N) is 1. The van der Waals surface area contributed by atoms with Crippen LogP contribution in [0.2, 0.25) is 0 Å². The van der Waals surface area contributed by atoms with Crippen LogP contribution in [-0.4, -0.2) is 45.7 Å². The van der Waals surface area contributed by atoms with Crippen LogP contribution in [0, 0.1) is 0 Å². The molecule has 0 aliphatic rings. The number of hydrogen-bond donors (Lipinski definition) is 2. The van der Waals surface area contributed by atoms with E-state index in [9.17, 15) is 18.0 Å². The Morgan fingerprint density at radius 1 is 1.10 bits per heavy atom. The molecule has 0 aliphatic carbocycles. The van der Waals surface area contributed by atoms with E-state index in [1.165, 1.54) is 14.0 Å². The third kappa shape index (κ3) is 6.21. The summed E-state index contributed by atoms with van der Waals surface area (Å²) in [6.07, 6.45) is 1.80. The third-order valence-corrected chi connectivity index (χ3v) is 6.06. The Morgan fingerprint density at radius 2 is 1.77 bits per heavy atom. The molecule has 0 saturated carbocycles. The van der Waals surface area contributed by atoms with Gasteiger partial charge < -0.3 is 15.4 Å². The van der Waals surface area contributed by atoms with E-state index in [0.29, 0.717) is 22.7 Å². The number of methoxy groups -OCH3 is 1. The maximum atomic E-state index is 13.0. The first-order chi connectivity index (χ1) is 14.6. The number of carbonyl (C=O) groups is 2. The van der Waals surface area contributed by atoms with Crippen molar-refractivity contribution in [3.8, 4) is 5.75 Å². The number of benzene rings is 2. The summed E-state index contributed by atoms with van der Waals surface area (Å²) < 4.78 is 31.2. The van der Waals surface area contributed by atoms with Gasteiger partial charge in [0.25, 0.3) is 5.91 Å². The van der Waals surface area contributed by atoms with Crippen LogP contribution in [0.15, 0.2) is 48.5 Å². The molecule has 0 saturated heterocycles. The highest BCUT2D eigenvalue weighted by molar-refractivity contribution is 7.92. The van der Waals surface area contributed by atoms with Crippen LogP contribution < -0.4 is 19.7 Å². The zero-order chi connectivity index (χ0) is 23.2. The predicted molar refractivity (Wildman–Crippen MR) is 122 cm³/mol. The first-order valence-electron chi connectivity index (χ1n) is 9.92. The zero-order valence-corrected chi connectivity index (χ0v) is 19.2. The fourth-order valence-electron chi connectivity index (χ4n) is 2.99. The molecule has 0 aromatic heterocycles. The van der Waals surface area contributed by atoms with E-state index in [1.54, 1.807) is 48.5 Å². The Kier molecular flexibility index (Phi) is 8.04. The second kappa shape index (κ2) is 10.3. The summed E-state index contributed by atoms with van der Waals surface area (Å²) in [6.45, 7) is 5.33. The standard InChI is InChI=1S/C22H29N3O5S/c1-6-15(2)23-22(27)19-12-7-8-13-20(19)24-21(26)16(3)25(31(5,28)29)17-10-9-11-18(14-17)30-4/h7-16H,6H2,1-5H3,(H,23,27)(H,24,26)/t15-,16+/m0/s1. The molecule has 0 heterocycles. The number of amides is 2. The molecule has 2 amide bonds. The van der Waals surface area contributed by atoms with Gasteiger partial charge in [-0.2, -0.15) is 0 Å². The molecule has 0 radical (unpaired) electrons. The van der Waals surface area contributed by atoms with Crippen LogP contribution in [-0.2, 0) is 14.8 Å². The molecule has 2 N–H and O–H groups in total. The molecule has 0 bridgehead atoms. The zero-order valence-electron chi connectivity index (χ0n) is 18.4. The molecule has 0 unspecified atom stereocenters. The fourth-order valence-corrected chi connectivity index (χ4v) is 4.15. The van der Waals surface area contributed by atoms with Crippen molar-refractivity contribution >= 4 is 33.2 Å². The van der Waals surface area contributed by atoms with E-state index in [4.69, 9.17) is 4.74 Å². The number of hydrogen-bond acceptors (Lipinski definition) is 5. The van der Waals surface area contributed by atoms with Gasteiger partial charge in [-0.05, 0) is 44.5 Å². The molecule has 0 fully saturated rings. The van der Waals surface area contributed by atoms with Crippen LogP contribution in [0.3, 0.4) is 0 Å². The minimum absolute atomic E-state index is 0.0241. The van der Waals surface area contributed by atoms with Gasteiger partial charge in [-0.1, -0.05) is 25.1 Å². The molecule has 2 aromatic rings. The lowest BCUT2D eigenvalue weighted by Crippen LogP contribution is -2.45. The van der Waals surface area contributed by atoms with Gasteiger partial charge in [0, 0.05) is 12.1 Å². The lowest BCUT2D eigenvalue weighted by Gasteiger charge is -2.28. The van der Waals surface area contributed by atoms with Crippen LogP contribution in [0.5, 0.6) is 5.75 Å². The van der Waals surface area contributed by atoms with Crippen molar-refractivity contribution in [2.24, 2.45) is 0 Å². The molecule has 8 nitrogen and oxygen atoms in total. The molecular formula is C22H29N3O5S. The van der Waals surface area contributed by atoms with Crippen LogP contribution >= 0.6 is 0 Å². The maximum Gasteiger partial charge on any atom is 0.253 e. The van der Waals surface area contributed by atoms with E-state index in [-0.39, 0.29) is 11.9 Å². The van der Waals surface area contributed by atoms with Crippen molar-refractivity contribution in [3.05, 3.63) is 54.1 Å². The summed E-state index contributed by atoms with van der Waals surface area (Å²) in [4.78, 5) is 25.6. The number of para-hydroxylation sites is 1. The highest BCUT2D eigenvalue weighted by atomic mass is 32.2. The molecule has 31 heavy (non-hydrogen) atoms. The van der Waals surface area contributed by atoms with Crippen molar-refractivity contribution in [1.82, 2.24) is 5.32 Å². The van der Waals surface area contributed by atoms with E-state index in [2.05, 4.69) is 10.6 Å². The van der Waals surface area contributed by atoms with Gasteiger partial charge in [-0.25, -0.2) is 8.42 Å². The monoisotopic (exact) mass is 447 g/mol. The Balaban J connectivity index is 2.32. The van der Waals surface area contributed by atoms with E-state index in [0.717, 1.165) is 17.0 Å². The average molecular weight is 448 g/mol. The number of rotatable bonds is 9. The van der Waals surface area contributed by atoms with Crippen molar-refractivity contribution in [2.75, 3.05) is 23.0 Å². The largest absolute Gasteiger partial charge is 0.497 e. The van der Waals surface area contributed by atoms with Gasteiger partial charge >= 0.3 is 0 Å². The van der Waals surface area contributed by atoms with Crippen LogP contribution in [0.1, 0.15) is 37.6 Å². The van der Waals surface area contributed by atoms with Crippen LogP contribution in [0.4, 0.5) is 11.4 Å². The second-order valence-electron chi connectivity index (χ2n) is 7.25. The third-order valence-electron chi connectivity index (χ3n) is 4.82. The molecule has 168 valence electrons. The van der Waals surface area contributed by atoms with Crippen LogP contribution in [0.25, 0.3) is 0 Å². The Bertz CT molecular complexity index is 1040. The lowest BCUT2D eigenvalue weighted by molar-refractivity contribution is -0.116. The summed E-state index contributed by atoms with van der Waals surface area (Å²) in [7, 11) is -2.31. The number of sulfonamides is 1. The smallest absolute Gasteiger partial charge is 0.253 e. The number of carbonyl (C=O) groups excluding carboxylic acids is 2. The SMILES string of the molecule is CC[C@H](C)NC(=O)c1ccccc1NC(=O)[C@@H](C)N(c1cccc(OC)c1)S(C)(=O)=O. The van der Waals surface area contributed by atoms with Crippen molar-refractivity contribution in [1.29, 1.82) is 0 Å². The molecule has 0 spiro atoms. The number of nitrogens with one attached hydrogen (secondary N) is 2. The van der Waals surface area contributed by atoms with Gasteiger partial charge in [0.05, 0.1) is 30.3 Å². The molecule has 2 atom stereocenters. The van der Waals surface area contributed by atoms with Gasteiger partial charge in [0.1, 0.15) is 11.8 Å². The van der Waals surface area contributed by atoms with Gasteiger partial charge in [-0.3, -0.25) is 13.9 Å². The quantitative estimate of drug-likeness (QED) is 0.615. The van der Waals surface area contributed by atoms with Gasteiger partial charge in [0.15, 0.2) is 0 Å². The summed E-state index contributed by atoms with van der Waals surface area (Å²) in [6, 6.07) is 11.9. The molecule has 2 aromatic carbocycles. The minimum atomic E-state index is -3.79. The van der Waals surface area contributed by atoms with E-state index in [1.807, 2.05) is 13.8 Å². The van der Waals surface area contributed by atoms with Gasteiger partial charge in [-0.15, -0.1) is 0 Å². The van der Waals surface area contributed by atoms with E-state index >= 15 is 0 Å². The lowest BCUT2D eigenvalue weighted by atomic mass is 10.1. The maximum absolute atomic E-state index is 13.0. The van der Waals surface area contributed by atoms with Crippen molar-refractivity contribution in [2.45, 2.75) is 39.3 Å². The summed E-state index contributed by atoms with van der Waals surface area (Å²) in [5.41, 5.74) is 0.905. The minimum Gasteiger partial charge on any atom is -0.497 e. The molecule has 0 aliphatic heterocycles. The van der Waals surface area contributed by atoms with Crippen molar-refractivity contribution < 1.29 is 22.7 Å². The van der Waals surface area contributed by atoms with Crippen molar-refractivity contribution in [3.63, 3.8) is 0 Å². The molecule has 2 rings (SSSR count).